The molecular weight excluding hydrogens is 560 g/mol. The van der Waals surface area contributed by atoms with E-state index in [1.54, 1.807) is 13.4 Å². The number of aldehydes is 1. The van der Waals surface area contributed by atoms with Crippen molar-refractivity contribution < 1.29 is 9.53 Å². The van der Waals surface area contributed by atoms with Crippen LogP contribution in [0.4, 0.5) is 0 Å². The quantitative estimate of drug-likeness (QED) is 0.113. The second-order valence-electron chi connectivity index (χ2n) is 11.7. The maximum absolute atomic E-state index is 11.4. The van der Waals surface area contributed by atoms with Gasteiger partial charge in [-0.15, -0.1) is 0 Å². The van der Waals surface area contributed by atoms with Crippen LogP contribution in [0.25, 0.3) is 54.2 Å². The third kappa shape index (κ3) is 5.29. The highest BCUT2D eigenvalue weighted by Crippen LogP contribution is 2.41. The van der Waals surface area contributed by atoms with Gasteiger partial charge in [0.15, 0.2) is 6.29 Å². The highest BCUT2D eigenvalue weighted by Gasteiger charge is 2.29. The summed E-state index contributed by atoms with van der Waals surface area (Å²) in [4.78, 5) is 11.4. The summed E-state index contributed by atoms with van der Waals surface area (Å²) in [5, 5.41) is 10.0. The average Bonchev–Trinajstić information content (AvgIpc) is 3.14. The number of ether oxygens (including phenoxy) is 1. The minimum absolute atomic E-state index is 0.172. The summed E-state index contributed by atoms with van der Waals surface area (Å²) in [6, 6.07) is 46.3. The van der Waals surface area contributed by atoms with Crippen LogP contribution < -0.4 is 0 Å². The Hall–Kier alpha value is -5.73. The van der Waals surface area contributed by atoms with Gasteiger partial charge in [0.2, 0.25) is 0 Å². The number of allylic oxidation sites excluding steroid dienone is 5. The van der Waals surface area contributed by atoms with Crippen LogP contribution in [0, 0.1) is 0 Å². The first-order valence-electron chi connectivity index (χ1n) is 15.6. The zero-order chi connectivity index (χ0) is 31.3. The van der Waals surface area contributed by atoms with Crippen molar-refractivity contribution in [3.8, 4) is 11.1 Å². The molecule has 0 N–H and O–H groups in total. The van der Waals surface area contributed by atoms with Crippen LogP contribution in [0.1, 0.15) is 22.3 Å². The summed E-state index contributed by atoms with van der Waals surface area (Å²) in [6.45, 7) is 0. The smallest absolute Gasteiger partial charge is 0.150 e. The molecule has 222 valence electrons. The average molecular weight is 595 g/mol. The van der Waals surface area contributed by atoms with Gasteiger partial charge in [-0.1, -0.05) is 146 Å². The molecule has 1 aliphatic rings. The molecule has 1 atom stereocenters. The van der Waals surface area contributed by atoms with Gasteiger partial charge in [-0.25, -0.2) is 0 Å². The van der Waals surface area contributed by atoms with Crippen LogP contribution >= 0.6 is 0 Å². The van der Waals surface area contributed by atoms with Crippen LogP contribution in [0.3, 0.4) is 0 Å². The molecule has 8 rings (SSSR count). The number of hydrogen-bond acceptors (Lipinski definition) is 2. The molecule has 1 unspecified atom stereocenters. The van der Waals surface area contributed by atoms with Crippen molar-refractivity contribution in [2.45, 2.75) is 11.8 Å². The molecule has 0 amide bonds. The molecule has 0 spiro atoms. The first-order valence-corrected chi connectivity index (χ1v) is 15.6. The minimum atomic E-state index is -0.172. The van der Waals surface area contributed by atoms with Gasteiger partial charge in [-0.3, -0.25) is 4.79 Å². The Kier molecular flexibility index (Phi) is 8.01. The van der Waals surface area contributed by atoms with E-state index in [0.717, 1.165) is 29.4 Å². The third-order valence-corrected chi connectivity index (χ3v) is 9.01. The van der Waals surface area contributed by atoms with Crippen molar-refractivity contribution in [2.24, 2.45) is 0 Å². The zero-order valence-electron chi connectivity index (χ0n) is 25.8. The lowest BCUT2D eigenvalue weighted by molar-refractivity contribution is 0.112. The molecule has 2 nitrogen and oxygen atoms in total. The van der Waals surface area contributed by atoms with Gasteiger partial charge >= 0.3 is 0 Å². The van der Waals surface area contributed by atoms with Gasteiger partial charge in [0, 0.05) is 11.0 Å². The van der Waals surface area contributed by atoms with Crippen molar-refractivity contribution in [3.05, 3.63) is 181 Å². The van der Waals surface area contributed by atoms with E-state index in [1.165, 1.54) is 48.7 Å². The van der Waals surface area contributed by atoms with E-state index in [4.69, 9.17) is 4.74 Å². The summed E-state index contributed by atoms with van der Waals surface area (Å²) < 4.78 is 5.25. The molecule has 1 aliphatic carbocycles. The Balaban J connectivity index is 0.000000147. The lowest BCUT2D eigenvalue weighted by Gasteiger charge is -2.30. The number of carbonyl (C=O) groups excluding carboxylic acids is 1. The fourth-order valence-electron chi connectivity index (χ4n) is 6.80. The van der Waals surface area contributed by atoms with Gasteiger partial charge in [0.25, 0.3) is 0 Å². The van der Waals surface area contributed by atoms with E-state index in [-0.39, 0.29) is 5.41 Å². The highest BCUT2D eigenvalue weighted by atomic mass is 16.5. The SMILES string of the molecule is COC=CC1(c2cc3ccccc3c3ccccc23)C=CC=CC1.O=Cc1ccccc1-c1cc2ccccc2c2ccccc12. The lowest BCUT2D eigenvalue weighted by Crippen LogP contribution is -2.22. The summed E-state index contributed by atoms with van der Waals surface area (Å²) in [5.74, 6) is 0. The molecule has 0 fully saturated rings. The van der Waals surface area contributed by atoms with Crippen LogP contribution in [-0.2, 0) is 10.2 Å². The number of methoxy groups -OCH3 is 1. The summed E-state index contributed by atoms with van der Waals surface area (Å²) >= 11 is 0. The van der Waals surface area contributed by atoms with Crippen LogP contribution in [0.2, 0.25) is 0 Å². The summed E-state index contributed by atoms with van der Waals surface area (Å²) in [7, 11) is 1.70. The number of fused-ring (bicyclic) bond motifs is 6. The second kappa shape index (κ2) is 12.7. The van der Waals surface area contributed by atoms with E-state index in [9.17, 15) is 4.79 Å². The van der Waals surface area contributed by atoms with Crippen LogP contribution in [-0.4, -0.2) is 13.4 Å². The largest absolute Gasteiger partial charge is 0.505 e. The van der Waals surface area contributed by atoms with E-state index in [2.05, 4.69) is 127 Å². The Bertz CT molecular complexity index is 2310. The molecule has 0 aromatic heterocycles. The molecule has 0 saturated carbocycles. The zero-order valence-corrected chi connectivity index (χ0v) is 25.8. The maximum atomic E-state index is 11.4. The Morgan fingerprint density at radius 3 is 1.80 bits per heavy atom. The minimum Gasteiger partial charge on any atom is -0.505 e. The maximum Gasteiger partial charge on any atom is 0.150 e. The molecule has 0 aliphatic heterocycles. The van der Waals surface area contributed by atoms with E-state index in [1.807, 2.05) is 36.4 Å². The second-order valence-corrected chi connectivity index (χ2v) is 11.7. The van der Waals surface area contributed by atoms with Crippen molar-refractivity contribution >= 4 is 49.4 Å². The predicted molar refractivity (Wildman–Crippen MR) is 194 cm³/mol. The first-order chi connectivity index (χ1) is 22.7. The van der Waals surface area contributed by atoms with Crippen LogP contribution in [0.15, 0.2) is 170 Å². The Morgan fingerprint density at radius 2 is 1.15 bits per heavy atom. The van der Waals surface area contributed by atoms with E-state index >= 15 is 0 Å². The van der Waals surface area contributed by atoms with Crippen molar-refractivity contribution in [1.82, 2.24) is 0 Å². The van der Waals surface area contributed by atoms with Crippen molar-refractivity contribution in [1.29, 1.82) is 0 Å². The van der Waals surface area contributed by atoms with Crippen molar-refractivity contribution in [2.75, 3.05) is 7.11 Å². The van der Waals surface area contributed by atoms with Gasteiger partial charge in [0.05, 0.1) is 13.4 Å². The first kappa shape index (κ1) is 29.0. The molecule has 46 heavy (non-hydrogen) atoms. The monoisotopic (exact) mass is 594 g/mol. The Labute approximate surface area is 269 Å². The number of benzene rings is 7. The molecular formula is C44H34O2. The molecule has 2 heteroatoms. The molecule has 7 aromatic carbocycles. The van der Waals surface area contributed by atoms with E-state index in [0.29, 0.717) is 0 Å². The van der Waals surface area contributed by atoms with E-state index < -0.39 is 0 Å². The molecule has 0 heterocycles. The van der Waals surface area contributed by atoms with Gasteiger partial charge in [-0.05, 0) is 84.4 Å². The Morgan fingerprint density at radius 1 is 0.587 bits per heavy atom. The topological polar surface area (TPSA) is 26.3 Å². The van der Waals surface area contributed by atoms with Gasteiger partial charge in [0.1, 0.15) is 0 Å². The fourth-order valence-corrected chi connectivity index (χ4v) is 6.80. The fraction of sp³-hybridized carbons (Fsp3) is 0.0682. The number of rotatable bonds is 5. The van der Waals surface area contributed by atoms with Crippen LogP contribution in [0.5, 0.6) is 0 Å². The number of hydrogen-bond donors (Lipinski definition) is 0. The predicted octanol–water partition coefficient (Wildman–Crippen LogP) is 11.4. The third-order valence-electron chi connectivity index (χ3n) is 9.01. The van der Waals surface area contributed by atoms with Gasteiger partial charge < -0.3 is 4.74 Å². The molecule has 0 saturated heterocycles. The molecule has 0 radical (unpaired) electrons. The molecule has 7 aromatic rings. The molecule has 0 bridgehead atoms. The summed E-state index contributed by atoms with van der Waals surface area (Å²) in [5.41, 5.74) is 3.97. The summed E-state index contributed by atoms with van der Waals surface area (Å²) in [6.07, 6.45) is 14.6. The van der Waals surface area contributed by atoms with Gasteiger partial charge in [-0.2, -0.15) is 0 Å². The van der Waals surface area contributed by atoms with Crippen molar-refractivity contribution in [3.63, 3.8) is 0 Å². The standard InChI is InChI=1S/C23H20O.C21H14O/c1-24-16-15-23(13-7-2-8-14-23)22-17-18-9-3-4-10-19(18)20-11-5-6-12-21(20)22;22-14-16-8-2-4-10-18(16)21-13-15-7-1-3-9-17(15)19-11-5-6-12-20(19)21/h2-13,15-17H,14H2,1H3;1-14H. The highest BCUT2D eigenvalue weighted by molar-refractivity contribution is 6.14. The normalized spacial score (nSPS) is 15.8. The number of carbonyl (C=O) groups is 1. The lowest BCUT2D eigenvalue weighted by atomic mass is 9.73.